The van der Waals surface area contributed by atoms with Crippen molar-refractivity contribution in [3.63, 3.8) is 0 Å². The highest BCUT2D eigenvalue weighted by molar-refractivity contribution is 8.00. The molecule has 1 atom stereocenters. The fourth-order valence-corrected chi connectivity index (χ4v) is 2.24. The molecule has 0 aliphatic heterocycles. The van der Waals surface area contributed by atoms with E-state index in [9.17, 15) is 9.59 Å². The highest BCUT2D eigenvalue weighted by Crippen LogP contribution is 2.12. The van der Waals surface area contributed by atoms with E-state index < -0.39 is 0 Å². The molecule has 0 radical (unpaired) electrons. The van der Waals surface area contributed by atoms with Crippen LogP contribution in [-0.4, -0.2) is 42.8 Å². The second-order valence-electron chi connectivity index (χ2n) is 4.42. The third-order valence-corrected chi connectivity index (χ3v) is 3.92. The first-order chi connectivity index (χ1) is 9.52. The van der Waals surface area contributed by atoms with Gasteiger partial charge in [0.1, 0.15) is 0 Å². The first kappa shape index (κ1) is 17.0. The fourth-order valence-electron chi connectivity index (χ4n) is 1.38. The second-order valence-corrected chi connectivity index (χ2v) is 5.84. The molecule has 4 nitrogen and oxygen atoms in total. The van der Waals surface area contributed by atoms with Gasteiger partial charge < -0.3 is 10.6 Å². The molecule has 0 aliphatic rings. The molecule has 1 aromatic rings. The van der Waals surface area contributed by atoms with Gasteiger partial charge in [-0.2, -0.15) is 0 Å². The van der Waals surface area contributed by atoms with Gasteiger partial charge >= 0.3 is 0 Å². The summed E-state index contributed by atoms with van der Waals surface area (Å²) in [5.74, 6) is 0.524. The van der Waals surface area contributed by atoms with Crippen LogP contribution >= 0.6 is 23.4 Å². The van der Waals surface area contributed by atoms with Gasteiger partial charge in [-0.3, -0.25) is 9.59 Å². The lowest BCUT2D eigenvalue weighted by atomic mass is 10.1. The van der Waals surface area contributed by atoms with E-state index >= 15 is 0 Å². The third-order valence-electron chi connectivity index (χ3n) is 2.73. The predicted molar refractivity (Wildman–Crippen MR) is 84.6 cm³/mol. The predicted octanol–water partition coefficient (Wildman–Crippen LogP) is 1.98. The molecule has 20 heavy (non-hydrogen) atoms. The van der Waals surface area contributed by atoms with E-state index in [1.54, 1.807) is 24.3 Å². The van der Waals surface area contributed by atoms with E-state index in [1.807, 2.05) is 14.0 Å². The van der Waals surface area contributed by atoms with Gasteiger partial charge in [0.2, 0.25) is 5.91 Å². The highest BCUT2D eigenvalue weighted by Gasteiger charge is 2.08. The number of thioether (sulfide) groups is 1. The number of hydrogen-bond donors (Lipinski definition) is 2. The van der Waals surface area contributed by atoms with Crippen molar-refractivity contribution in [3.05, 3.63) is 34.9 Å². The Morgan fingerprint density at radius 3 is 2.50 bits per heavy atom. The highest BCUT2D eigenvalue weighted by atomic mass is 35.5. The number of likely N-dealkylation sites (N-methyl/N-ethyl adjacent to an activating group) is 1. The summed E-state index contributed by atoms with van der Waals surface area (Å²) >= 11 is 7.07. The van der Waals surface area contributed by atoms with E-state index in [2.05, 4.69) is 10.6 Å². The maximum Gasteiger partial charge on any atom is 0.230 e. The smallest absolute Gasteiger partial charge is 0.230 e. The number of nitrogens with one attached hydrogen (secondary N) is 2. The van der Waals surface area contributed by atoms with Crippen molar-refractivity contribution < 1.29 is 9.59 Å². The van der Waals surface area contributed by atoms with Crippen LogP contribution in [0, 0.1) is 0 Å². The SMILES string of the molecule is CNC(C)CNC(=O)CSCC(=O)c1ccc(Cl)cc1. The van der Waals surface area contributed by atoms with Crippen LogP contribution in [0.3, 0.4) is 0 Å². The summed E-state index contributed by atoms with van der Waals surface area (Å²) in [7, 11) is 1.84. The minimum absolute atomic E-state index is 0.00283. The van der Waals surface area contributed by atoms with Gasteiger partial charge in [-0.1, -0.05) is 11.6 Å². The molecule has 0 spiro atoms. The number of carbonyl (C=O) groups excluding carboxylic acids is 2. The summed E-state index contributed by atoms with van der Waals surface area (Å²) in [6, 6.07) is 7.00. The van der Waals surface area contributed by atoms with Gasteiger partial charge in [0.25, 0.3) is 0 Å². The Balaban J connectivity index is 2.25. The number of carbonyl (C=O) groups is 2. The molecule has 0 aromatic heterocycles. The Morgan fingerprint density at radius 1 is 1.25 bits per heavy atom. The maximum atomic E-state index is 11.8. The number of Topliss-reactive ketones (excluding diaryl/α,β-unsaturated/α-hetero) is 1. The maximum absolute atomic E-state index is 11.8. The molecule has 0 heterocycles. The first-order valence-corrected chi connectivity index (χ1v) is 7.86. The number of amides is 1. The average Bonchev–Trinajstić information content (AvgIpc) is 2.45. The van der Waals surface area contributed by atoms with Crippen molar-refractivity contribution in [1.82, 2.24) is 10.6 Å². The van der Waals surface area contributed by atoms with Gasteiger partial charge in [0.05, 0.1) is 11.5 Å². The van der Waals surface area contributed by atoms with Gasteiger partial charge in [-0.25, -0.2) is 0 Å². The molecule has 2 N–H and O–H groups in total. The van der Waals surface area contributed by atoms with E-state index in [-0.39, 0.29) is 29.2 Å². The summed E-state index contributed by atoms with van der Waals surface area (Å²) in [5.41, 5.74) is 0.617. The molecular weight excluding hydrogens is 296 g/mol. The molecule has 1 unspecified atom stereocenters. The zero-order valence-corrected chi connectivity index (χ0v) is 13.2. The number of halogens is 1. The third kappa shape index (κ3) is 6.41. The molecular formula is C14H19ClN2O2S. The Hall–Kier alpha value is -1.04. The summed E-state index contributed by atoms with van der Waals surface area (Å²) in [5, 5.41) is 6.44. The van der Waals surface area contributed by atoms with Crippen LogP contribution < -0.4 is 10.6 Å². The standard InChI is InChI=1S/C14H19ClN2O2S/c1-10(16-2)7-17-14(19)9-20-8-13(18)11-3-5-12(15)6-4-11/h3-6,10,16H,7-9H2,1-2H3,(H,17,19). The van der Waals surface area contributed by atoms with Crippen molar-refractivity contribution >= 4 is 35.1 Å². The number of hydrogen-bond acceptors (Lipinski definition) is 4. The molecule has 0 fully saturated rings. The summed E-state index contributed by atoms with van der Waals surface area (Å²) in [6.07, 6.45) is 0. The Bertz CT molecular complexity index is 451. The quantitative estimate of drug-likeness (QED) is 0.720. The molecule has 0 saturated heterocycles. The molecule has 0 aliphatic carbocycles. The summed E-state index contributed by atoms with van der Waals surface area (Å²) in [6.45, 7) is 2.57. The molecule has 0 bridgehead atoms. The van der Waals surface area contributed by atoms with Crippen molar-refractivity contribution in [2.24, 2.45) is 0 Å². The first-order valence-electron chi connectivity index (χ1n) is 6.33. The van der Waals surface area contributed by atoms with Crippen molar-refractivity contribution in [1.29, 1.82) is 0 Å². The Labute approximate surface area is 128 Å². The van der Waals surface area contributed by atoms with Crippen LogP contribution in [0.15, 0.2) is 24.3 Å². The van der Waals surface area contributed by atoms with Crippen molar-refractivity contribution in [2.45, 2.75) is 13.0 Å². The summed E-state index contributed by atoms with van der Waals surface area (Å²) in [4.78, 5) is 23.4. The second kappa shape index (κ2) is 9.00. The number of rotatable bonds is 8. The Morgan fingerprint density at radius 2 is 1.90 bits per heavy atom. The largest absolute Gasteiger partial charge is 0.354 e. The van der Waals surface area contributed by atoms with Crippen LogP contribution in [0.1, 0.15) is 17.3 Å². The lowest BCUT2D eigenvalue weighted by Crippen LogP contribution is -2.38. The van der Waals surface area contributed by atoms with E-state index in [0.717, 1.165) is 0 Å². The summed E-state index contributed by atoms with van der Waals surface area (Å²) < 4.78 is 0. The molecule has 6 heteroatoms. The average molecular weight is 315 g/mol. The van der Waals surface area contributed by atoms with Crippen LogP contribution in [0.25, 0.3) is 0 Å². The van der Waals surface area contributed by atoms with Crippen molar-refractivity contribution in [3.8, 4) is 0 Å². The minimum atomic E-state index is -0.0546. The number of ketones is 1. The molecule has 0 saturated carbocycles. The minimum Gasteiger partial charge on any atom is -0.354 e. The monoisotopic (exact) mass is 314 g/mol. The zero-order chi connectivity index (χ0) is 15.0. The van der Waals surface area contributed by atoms with Crippen LogP contribution in [0.2, 0.25) is 5.02 Å². The molecule has 1 amide bonds. The zero-order valence-electron chi connectivity index (χ0n) is 11.6. The van der Waals surface area contributed by atoms with Crippen LogP contribution in [0.5, 0.6) is 0 Å². The van der Waals surface area contributed by atoms with E-state index in [1.165, 1.54) is 11.8 Å². The topological polar surface area (TPSA) is 58.2 Å². The molecule has 1 rings (SSSR count). The molecule has 1 aromatic carbocycles. The van der Waals surface area contributed by atoms with Crippen LogP contribution in [0.4, 0.5) is 0 Å². The van der Waals surface area contributed by atoms with E-state index in [0.29, 0.717) is 17.1 Å². The lowest BCUT2D eigenvalue weighted by Gasteiger charge is -2.11. The molecule has 110 valence electrons. The normalized spacial score (nSPS) is 11.9. The van der Waals surface area contributed by atoms with Crippen LogP contribution in [-0.2, 0) is 4.79 Å². The van der Waals surface area contributed by atoms with Gasteiger partial charge in [-0.15, -0.1) is 11.8 Å². The Kier molecular flexibility index (Phi) is 7.65. The van der Waals surface area contributed by atoms with E-state index in [4.69, 9.17) is 11.6 Å². The lowest BCUT2D eigenvalue weighted by molar-refractivity contribution is -0.118. The van der Waals surface area contributed by atoms with Gasteiger partial charge in [0.15, 0.2) is 5.78 Å². The van der Waals surface area contributed by atoms with Gasteiger partial charge in [0, 0.05) is 23.2 Å². The fraction of sp³-hybridized carbons (Fsp3) is 0.429. The van der Waals surface area contributed by atoms with Gasteiger partial charge in [-0.05, 0) is 38.2 Å². The number of benzene rings is 1. The van der Waals surface area contributed by atoms with Crippen molar-refractivity contribution in [2.75, 3.05) is 25.1 Å².